The van der Waals surface area contributed by atoms with Gasteiger partial charge in [-0.25, -0.2) is 0 Å². The first-order valence-electron chi connectivity index (χ1n) is 6.60. The molecule has 0 saturated heterocycles. The van der Waals surface area contributed by atoms with Crippen LogP contribution in [0.1, 0.15) is 52.4 Å². The van der Waals surface area contributed by atoms with Crippen LogP contribution in [0.15, 0.2) is 0 Å². The first-order valence-corrected chi connectivity index (χ1v) is 6.60. The Balaban J connectivity index is 2.05. The zero-order chi connectivity index (χ0) is 11.1. The summed E-state index contributed by atoms with van der Waals surface area (Å²) in [6.07, 6.45) is 7.79. The molecule has 2 N–H and O–H groups in total. The molecule has 0 bridgehead atoms. The first-order chi connectivity index (χ1) is 7.26. The molecule has 1 rings (SSSR count). The number of hydrogen-bond donors (Lipinski definition) is 2. The van der Waals surface area contributed by atoms with Gasteiger partial charge in [-0.15, -0.1) is 0 Å². The van der Waals surface area contributed by atoms with E-state index in [9.17, 15) is 0 Å². The molecule has 0 radical (unpaired) electrons. The maximum atomic E-state index is 8.90. The van der Waals surface area contributed by atoms with Crippen LogP contribution in [0.5, 0.6) is 0 Å². The van der Waals surface area contributed by atoms with Crippen molar-refractivity contribution in [3.05, 3.63) is 0 Å². The zero-order valence-corrected chi connectivity index (χ0v) is 10.3. The van der Waals surface area contributed by atoms with Gasteiger partial charge in [0.2, 0.25) is 0 Å². The summed E-state index contributed by atoms with van der Waals surface area (Å²) < 4.78 is 0. The van der Waals surface area contributed by atoms with E-state index in [0.29, 0.717) is 18.6 Å². The van der Waals surface area contributed by atoms with Crippen molar-refractivity contribution in [2.75, 3.05) is 13.2 Å². The molecule has 0 amide bonds. The van der Waals surface area contributed by atoms with Crippen LogP contribution in [0, 0.1) is 11.8 Å². The lowest BCUT2D eigenvalue weighted by Crippen LogP contribution is -2.34. The molecule has 0 aromatic heterocycles. The number of nitrogens with one attached hydrogen (secondary N) is 1. The molecule has 0 aromatic carbocycles. The second-order valence-corrected chi connectivity index (χ2v) is 5.13. The van der Waals surface area contributed by atoms with Gasteiger partial charge in [0.25, 0.3) is 0 Å². The minimum Gasteiger partial charge on any atom is -0.396 e. The average Bonchev–Trinajstić information content (AvgIpc) is 2.18. The maximum absolute atomic E-state index is 8.90. The average molecular weight is 213 g/mol. The molecule has 0 spiro atoms. The lowest BCUT2D eigenvalue weighted by Gasteiger charge is -2.29. The van der Waals surface area contributed by atoms with Crippen molar-refractivity contribution in [2.24, 2.45) is 11.8 Å². The highest BCUT2D eigenvalue weighted by Crippen LogP contribution is 2.30. The summed E-state index contributed by atoms with van der Waals surface area (Å²) in [6, 6.07) is 0.656. The molecule has 2 nitrogen and oxygen atoms in total. The number of hydrogen-bond acceptors (Lipinski definition) is 2. The summed E-state index contributed by atoms with van der Waals surface area (Å²) in [5.41, 5.74) is 0. The largest absolute Gasteiger partial charge is 0.396 e. The molecule has 0 aliphatic heterocycles. The summed E-state index contributed by atoms with van der Waals surface area (Å²) in [6.45, 7) is 5.91. The van der Waals surface area contributed by atoms with Crippen molar-refractivity contribution in [1.82, 2.24) is 5.32 Å². The highest BCUT2D eigenvalue weighted by Gasteiger charge is 2.19. The third-order valence-electron chi connectivity index (χ3n) is 3.78. The van der Waals surface area contributed by atoms with Crippen LogP contribution in [-0.2, 0) is 0 Å². The van der Waals surface area contributed by atoms with Crippen molar-refractivity contribution in [2.45, 2.75) is 58.4 Å². The van der Waals surface area contributed by atoms with Gasteiger partial charge < -0.3 is 10.4 Å². The van der Waals surface area contributed by atoms with Gasteiger partial charge in [-0.2, -0.15) is 0 Å². The first kappa shape index (κ1) is 13.0. The Morgan fingerprint density at radius 3 is 2.60 bits per heavy atom. The van der Waals surface area contributed by atoms with Gasteiger partial charge in [-0.05, 0) is 38.1 Å². The lowest BCUT2D eigenvalue weighted by molar-refractivity contribution is 0.236. The van der Waals surface area contributed by atoms with Crippen LogP contribution in [0.25, 0.3) is 0 Å². The van der Waals surface area contributed by atoms with Gasteiger partial charge in [0.15, 0.2) is 0 Å². The van der Waals surface area contributed by atoms with E-state index >= 15 is 0 Å². The van der Waals surface area contributed by atoms with Crippen LogP contribution in [0.4, 0.5) is 0 Å². The monoisotopic (exact) mass is 213 g/mol. The molecule has 1 aliphatic carbocycles. The van der Waals surface area contributed by atoms with Gasteiger partial charge in [0.1, 0.15) is 0 Å². The van der Waals surface area contributed by atoms with Crippen molar-refractivity contribution in [3.8, 4) is 0 Å². The fourth-order valence-corrected chi connectivity index (χ4v) is 2.31. The van der Waals surface area contributed by atoms with Crippen molar-refractivity contribution < 1.29 is 5.11 Å². The molecule has 0 heterocycles. The van der Waals surface area contributed by atoms with Crippen molar-refractivity contribution in [3.63, 3.8) is 0 Å². The Morgan fingerprint density at radius 2 is 2.13 bits per heavy atom. The van der Waals surface area contributed by atoms with E-state index in [2.05, 4.69) is 19.2 Å². The van der Waals surface area contributed by atoms with Crippen LogP contribution >= 0.6 is 0 Å². The van der Waals surface area contributed by atoms with E-state index in [4.69, 9.17) is 5.11 Å². The van der Waals surface area contributed by atoms with Gasteiger partial charge in [0.05, 0.1) is 0 Å². The molecular weight excluding hydrogens is 186 g/mol. The topological polar surface area (TPSA) is 32.3 Å². The summed E-state index contributed by atoms with van der Waals surface area (Å²) >= 11 is 0. The Bertz CT molecular complexity index is 157. The molecular formula is C13H27NO. The van der Waals surface area contributed by atoms with Gasteiger partial charge in [-0.3, -0.25) is 0 Å². The van der Waals surface area contributed by atoms with E-state index in [-0.39, 0.29) is 0 Å². The summed E-state index contributed by atoms with van der Waals surface area (Å²) in [5, 5.41) is 12.5. The Kier molecular flexibility index (Phi) is 6.26. The summed E-state index contributed by atoms with van der Waals surface area (Å²) in [5.74, 6) is 1.64. The smallest absolute Gasteiger partial charge is 0.0434 e. The molecule has 2 unspecified atom stereocenters. The van der Waals surface area contributed by atoms with E-state index < -0.39 is 0 Å². The third kappa shape index (κ3) is 4.98. The Labute approximate surface area is 94.5 Å². The molecule has 2 atom stereocenters. The summed E-state index contributed by atoms with van der Waals surface area (Å²) in [4.78, 5) is 0. The minimum atomic E-state index is 0.331. The Morgan fingerprint density at radius 1 is 1.40 bits per heavy atom. The van der Waals surface area contributed by atoms with Crippen LogP contribution in [0.2, 0.25) is 0 Å². The molecule has 0 aromatic rings. The van der Waals surface area contributed by atoms with E-state index in [1.54, 1.807) is 0 Å². The fraction of sp³-hybridized carbons (Fsp3) is 1.00. The van der Waals surface area contributed by atoms with E-state index in [1.165, 1.54) is 32.1 Å². The van der Waals surface area contributed by atoms with Crippen LogP contribution in [0.3, 0.4) is 0 Å². The predicted molar refractivity (Wildman–Crippen MR) is 64.9 cm³/mol. The highest BCUT2D eigenvalue weighted by atomic mass is 16.3. The normalized spacial score (nSPS) is 21.0. The number of aliphatic hydroxyl groups is 1. The maximum Gasteiger partial charge on any atom is 0.0434 e. The molecule has 1 fully saturated rings. The van der Waals surface area contributed by atoms with E-state index in [0.717, 1.165) is 18.9 Å². The Hall–Kier alpha value is -0.0800. The lowest BCUT2D eigenvalue weighted by atomic mass is 9.81. The van der Waals surface area contributed by atoms with Gasteiger partial charge >= 0.3 is 0 Å². The third-order valence-corrected chi connectivity index (χ3v) is 3.78. The minimum absolute atomic E-state index is 0.331. The van der Waals surface area contributed by atoms with Crippen molar-refractivity contribution in [1.29, 1.82) is 0 Å². The molecule has 2 heteroatoms. The predicted octanol–water partition coefficient (Wildman–Crippen LogP) is 2.56. The molecule has 1 saturated carbocycles. The zero-order valence-electron chi connectivity index (χ0n) is 10.3. The van der Waals surface area contributed by atoms with Crippen LogP contribution < -0.4 is 5.32 Å². The van der Waals surface area contributed by atoms with Gasteiger partial charge in [-0.1, -0.05) is 32.6 Å². The van der Waals surface area contributed by atoms with Crippen LogP contribution in [-0.4, -0.2) is 24.3 Å². The molecule has 15 heavy (non-hydrogen) atoms. The molecule has 1 aliphatic rings. The fourth-order valence-electron chi connectivity index (χ4n) is 2.31. The van der Waals surface area contributed by atoms with E-state index in [1.807, 2.05) is 0 Å². The SMILES string of the molecule is CCC(CCO)CNC(C)CC1CCC1. The van der Waals surface area contributed by atoms with Crippen molar-refractivity contribution >= 4 is 0 Å². The number of rotatable bonds is 8. The number of aliphatic hydroxyl groups excluding tert-OH is 1. The summed E-state index contributed by atoms with van der Waals surface area (Å²) in [7, 11) is 0. The second-order valence-electron chi connectivity index (χ2n) is 5.13. The second kappa shape index (κ2) is 7.24. The highest BCUT2D eigenvalue weighted by molar-refractivity contribution is 4.75. The van der Waals surface area contributed by atoms with Gasteiger partial charge in [0, 0.05) is 12.6 Å². The quantitative estimate of drug-likeness (QED) is 0.649. The standard InChI is InChI=1S/C13H27NO/c1-3-12(7-8-15)10-14-11(2)9-13-5-4-6-13/h11-15H,3-10H2,1-2H3. The molecule has 90 valence electrons.